The molecule has 0 saturated carbocycles. The Bertz CT molecular complexity index is 428. The first-order chi connectivity index (χ1) is 10.8. The third-order valence-corrected chi connectivity index (χ3v) is 5.18. The summed E-state index contributed by atoms with van der Waals surface area (Å²) in [5.74, 6) is 0. The fourth-order valence-corrected chi connectivity index (χ4v) is 3.77. The molecular weight excluding hydrogens is 270 g/mol. The van der Waals surface area contributed by atoms with E-state index in [9.17, 15) is 0 Å². The average molecular weight is 301 g/mol. The van der Waals surface area contributed by atoms with Gasteiger partial charge in [-0.3, -0.25) is 9.80 Å². The normalized spacial score (nSPS) is 23.1. The van der Waals surface area contributed by atoms with Crippen LogP contribution in [0.4, 0.5) is 0 Å². The maximum Gasteiger partial charge on any atom is 0.0475 e. The number of rotatable bonds is 4. The zero-order valence-corrected chi connectivity index (χ0v) is 14.1. The molecule has 2 aliphatic heterocycles. The van der Waals surface area contributed by atoms with Gasteiger partial charge in [-0.15, -0.1) is 0 Å². The first-order valence-electron chi connectivity index (χ1n) is 9.06. The molecule has 2 fully saturated rings. The van der Waals surface area contributed by atoms with Crippen molar-refractivity contribution >= 4 is 0 Å². The minimum absolute atomic E-state index is 0.566. The molecule has 22 heavy (non-hydrogen) atoms. The molecule has 122 valence electrons. The summed E-state index contributed by atoms with van der Waals surface area (Å²) < 4.78 is 0. The number of nitrogens with one attached hydrogen (secondary N) is 1. The molecule has 0 aliphatic carbocycles. The van der Waals surface area contributed by atoms with Crippen molar-refractivity contribution in [1.82, 2.24) is 15.1 Å². The van der Waals surface area contributed by atoms with Crippen LogP contribution in [0.15, 0.2) is 24.3 Å². The zero-order valence-electron chi connectivity index (χ0n) is 14.1. The number of hydrogen-bond donors (Lipinski definition) is 1. The van der Waals surface area contributed by atoms with Gasteiger partial charge < -0.3 is 5.32 Å². The summed E-state index contributed by atoms with van der Waals surface area (Å²) >= 11 is 0. The lowest BCUT2D eigenvalue weighted by molar-refractivity contribution is 0.132. The molecule has 0 radical (unpaired) electrons. The van der Waals surface area contributed by atoms with Crippen LogP contribution in [0.25, 0.3) is 0 Å². The van der Waals surface area contributed by atoms with Crippen LogP contribution in [0.5, 0.6) is 0 Å². The average Bonchev–Trinajstić information content (AvgIpc) is 2.84. The van der Waals surface area contributed by atoms with Crippen LogP contribution in [0, 0.1) is 6.92 Å². The van der Waals surface area contributed by atoms with Crippen LogP contribution >= 0.6 is 0 Å². The Morgan fingerprint density at radius 2 is 1.55 bits per heavy atom. The number of likely N-dealkylation sites (tertiary alicyclic amines) is 1. The third kappa shape index (κ3) is 4.31. The molecule has 1 aromatic rings. The highest BCUT2D eigenvalue weighted by atomic mass is 15.2. The third-order valence-electron chi connectivity index (χ3n) is 5.18. The van der Waals surface area contributed by atoms with Crippen LogP contribution in [-0.4, -0.2) is 55.6 Å². The SMILES string of the molecule is Cc1ccc(C(CN2CCNCC2)N2CCCCCC2)cc1. The highest BCUT2D eigenvalue weighted by Crippen LogP contribution is 2.26. The number of nitrogens with zero attached hydrogens (tertiary/aromatic N) is 2. The zero-order chi connectivity index (χ0) is 15.2. The Hall–Kier alpha value is -0.900. The van der Waals surface area contributed by atoms with Crippen LogP contribution in [-0.2, 0) is 0 Å². The van der Waals surface area contributed by atoms with Gasteiger partial charge in [0, 0.05) is 38.8 Å². The van der Waals surface area contributed by atoms with E-state index in [2.05, 4.69) is 46.3 Å². The molecule has 1 atom stereocenters. The fourth-order valence-electron chi connectivity index (χ4n) is 3.77. The first-order valence-corrected chi connectivity index (χ1v) is 9.06. The standard InChI is InChI=1S/C19H31N3/c1-17-6-8-18(9-7-17)19(16-21-14-10-20-11-15-21)22-12-4-2-3-5-13-22/h6-9,19-20H,2-5,10-16H2,1H3. The van der Waals surface area contributed by atoms with E-state index in [1.807, 2.05) is 0 Å². The summed E-state index contributed by atoms with van der Waals surface area (Å²) in [7, 11) is 0. The monoisotopic (exact) mass is 301 g/mol. The molecular formula is C19H31N3. The maximum atomic E-state index is 3.47. The van der Waals surface area contributed by atoms with Crippen molar-refractivity contribution in [3.63, 3.8) is 0 Å². The van der Waals surface area contributed by atoms with Gasteiger partial charge >= 0.3 is 0 Å². The topological polar surface area (TPSA) is 18.5 Å². The van der Waals surface area contributed by atoms with Crippen molar-refractivity contribution in [2.75, 3.05) is 45.8 Å². The molecule has 3 rings (SSSR count). The fraction of sp³-hybridized carbons (Fsp3) is 0.684. The van der Waals surface area contributed by atoms with Gasteiger partial charge in [0.15, 0.2) is 0 Å². The molecule has 0 spiro atoms. The Labute approximate surface area is 135 Å². The predicted molar refractivity (Wildman–Crippen MR) is 93.3 cm³/mol. The van der Waals surface area contributed by atoms with Gasteiger partial charge in [0.25, 0.3) is 0 Å². The summed E-state index contributed by atoms with van der Waals surface area (Å²) in [6.45, 7) is 10.6. The molecule has 0 aromatic heterocycles. The highest BCUT2D eigenvalue weighted by molar-refractivity contribution is 5.24. The molecule has 3 heteroatoms. The van der Waals surface area contributed by atoms with Gasteiger partial charge in [-0.2, -0.15) is 0 Å². The Morgan fingerprint density at radius 1 is 0.909 bits per heavy atom. The summed E-state index contributed by atoms with van der Waals surface area (Å²) in [4.78, 5) is 5.39. The van der Waals surface area contributed by atoms with Crippen molar-refractivity contribution < 1.29 is 0 Å². The van der Waals surface area contributed by atoms with Crippen LogP contribution in [0.1, 0.15) is 42.9 Å². The first kappa shape index (κ1) is 16.0. The van der Waals surface area contributed by atoms with E-state index in [4.69, 9.17) is 0 Å². The lowest BCUT2D eigenvalue weighted by Crippen LogP contribution is -2.47. The van der Waals surface area contributed by atoms with E-state index in [0.29, 0.717) is 6.04 Å². The van der Waals surface area contributed by atoms with Gasteiger partial charge in [-0.1, -0.05) is 42.7 Å². The van der Waals surface area contributed by atoms with E-state index in [0.717, 1.165) is 13.1 Å². The number of piperazine rings is 1. The minimum atomic E-state index is 0.566. The maximum absolute atomic E-state index is 3.47. The molecule has 0 bridgehead atoms. The van der Waals surface area contributed by atoms with Gasteiger partial charge in [-0.25, -0.2) is 0 Å². The summed E-state index contributed by atoms with van der Waals surface area (Å²) in [6.07, 6.45) is 5.54. The second-order valence-electron chi connectivity index (χ2n) is 6.93. The quantitative estimate of drug-likeness (QED) is 0.922. The van der Waals surface area contributed by atoms with E-state index >= 15 is 0 Å². The molecule has 2 saturated heterocycles. The largest absolute Gasteiger partial charge is 0.314 e. The molecule has 1 aromatic carbocycles. The van der Waals surface area contributed by atoms with Gasteiger partial charge in [0.2, 0.25) is 0 Å². The number of hydrogen-bond acceptors (Lipinski definition) is 3. The van der Waals surface area contributed by atoms with Crippen molar-refractivity contribution in [2.45, 2.75) is 38.6 Å². The molecule has 2 aliphatic rings. The molecule has 0 amide bonds. The van der Waals surface area contributed by atoms with Gasteiger partial charge in [-0.05, 0) is 38.4 Å². The predicted octanol–water partition coefficient (Wildman–Crippen LogP) is 2.82. The van der Waals surface area contributed by atoms with E-state index < -0.39 is 0 Å². The smallest absolute Gasteiger partial charge is 0.0475 e. The summed E-state index contributed by atoms with van der Waals surface area (Å²) in [5.41, 5.74) is 2.87. The highest BCUT2D eigenvalue weighted by Gasteiger charge is 2.24. The van der Waals surface area contributed by atoms with Crippen molar-refractivity contribution in [2.24, 2.45) is 0 Å². The number of aryl methyl sites for hydroxylation is 1. The summed E-state index contributed by atoms with van der Waals surface area (Å²) in [6, 6.07) is 9.83. The molecule has 2 heterocycles. The van der Waals surface area contributed by atoms with Crippen LogP contribution in [0.3, 0.4) is 0 Å². The lowest BCUT2D eigenvalue weighted by atomic mass is 10.0. The molecule has 1 unspecified atom stereocenters. The second-order valence-corrected chi connectivity index (χ2v) is 6.93. The van der Waals surface area contributed by atoms with E-state index in [1.165, 1.54) is 69.5 Å². The van der Waals surface area contributed by atoms with Crippen LogP contribution in [0.2, 0.25) is 0 Å². The Morgan fingerprint density at radius 3 is 2.18 bits per heavy atom. The lowest BCUT2D eigenvalue weighted by Gasteiger charge is -2.37. The van der Waals surface area contributed by atoms with Crippen molar-refractivity contribution in [3.05, 3.63) is 35.4 Å². The molecule has 1 N–H and O–H groups in total. The summed E-state index contributed by atoms with van der Waals surface area (Å²) in [5, 5.41) is 3.47. The Kier molecular flexibility index (Phi) is 5.88. The van der Waals surface area contributed by atoms with Crippen LogP contribution < -0.4 is 5.32 Å². The second kappa shape index (κ2) is 8.09. The van der Waals surface area contributed by atoms with E-state index in [-0.39, 0.29) is 0 Å². The van der Waals surface area contributed by atoms with E-state index in [1.54, 1.807) is 0 Å². The minimum Gasteiger partial charge on any atom is -0.314 e. The van der Waals surface area contributed by atoms with Crippen molar-refractivity contribution in [1.29, 1.82) is 0 Å². The van der Waals surface area contributed by atoms with Crippen molar-refractivity contribution in [3.8, 4) is 0 Å². The van der Waals surface area contributed by atoms with Gasteiger partial charge in [0.05, 0.1) is 0 Å². The molecule has 3 nitrogen and oxygen atoms in total. The van der Waals surface area contributed by atoms with Gasteiger partial charge in [0.1, 0.15) is 0 Å². The number of benzene rings is 1. The Balaban J connectivity index is 1.75.